The van der Waals surface area contributed by atoms with Crippen molar-refractivity contribution in [3.63, 3.8) is 0 Å². The minimum absolute atomic E-state index is 0.0349. The molecule has 0 saturated carbocycles. The van der Waals surface area contributed by atoms with Crippen LogP contribution in [0.5, 0.6) is 0 Å². The lowest BCUT2D eigenvalue weighted by Gasteiger charge is -2.03. The molecule has 1 aromatic heterocycles. The van der Waals surface area contributed by atoms with Crippen LogP contribution in [-0.4, -0.2) is 37.0 Å². The van der Waals surface area contributed by atoms with Gasteiger partial charge in [-0.15, -0.1) is 16.9 Å². The standard InChI is InChI=1S/C10H9BrN4O2S/c11-7-1-3-8(4-2-7)15-9(12-13-14-15)5-18-6-10(16)17/h1-4H,5-6H2,(H,16,17). The molecule has 0 spiro atoms. The lowest BCUT2D eigenvalue weighted by Crippen LogP contribution is -2.04. The number of hydrogen-bond acceptors (Lipinski definition) is 5. The van der Waals surface area contributed by atoms with E-state index >= 15 is 0 Å². The summed E-state index contributed by atoms with van der Waals surface area (Å²) in [6.07, 6.45) is 0. The van der Waals surface area contributed by atoms with E-state index in [0.29, 0.717) is 11.6 Å². The Kier molecular flexibility index (Phi) is 4.32. The molecule has 94 valence electrons. The Balaban J connectivity index is 2.12. The number of aromatic nitrogens is 4. The first-order valence-corrected chi connectivity index (χ1v) is 6.94. The van der Waals surface area contributed by atoms with Crippen molar-refractivity contribution in [3.8, 4) is 5.69 Å². The van der Waals surface area contributed by atoms with E-state index in [1.54, 1.807) is 4.68 Å². The van der Waals surface area contributed by atoms with Crippen molar-refractivity contribution in [2.24, 2.45) is 0 Å². The van der Waals surface area contributed by atoms with Crippen molar-refractivity contribution >= 4 is 33.7 Å². The van der Waals surface area contributed by atoms with E-state index in [4.69, 9.17) is 5.11 Å². The van der Waals surface area contributed by atoms with Crippen molar-refractivity contribution in [2.45, 2.75) is 5.75 Å². The molecule has 2 aromatic rings. The van der Waals surface area contributed by atoms with Crippen LogP contribution in [0.15, 0.2) is 28.7 Å². The Bertz CT molecular complexity index is 543. The summed E-state index contributed by atoms with van der Waals surface area (Å²) >= 11 is 4.61. The summed E-state index contributed by atoms with van der Waals surface area (Å²) in [6, 6.07) is 7.55. The molecule has 1 aromatic carbocycles. The summed E-state index contributed by atoms with van der Waals surface area (Å²) in [5, 5.41) is 20.0. The number of thioether (sulfide) groups is 1. The summed E-state index contributed by atoms with van der Waals surface area (Å²) in [7, 11) is 0. The van der Waals surface area contributed by atoms with Gasteiger partial charge in [0.05, 0.1) is 17.2 Å². The Morgan fingerprint density at radius 3 is 2.78 bits per heavy atom. The average molecular weight is 329 g/mol. The molecule has 0 amide bonds. The molecule has 8 heteroatoms. The van der Waals surface area contributed by atoms with E-state index in [-0.39, 0.29) is 5.75 Å². The minimum atomic E-state index is -0.845. The van der Waals surface area contributed by atoms with Gasteiger partial charge in [-0.25, -0.2) is 0 Å². The highest BCUT2D eigenvalue weighted by molar-refractivity contribution is 9.10. The van der Waals surface area contributed by atoms with Crippen molar-refractivity contribution in [1.82, 2.24) is 20.2 Å². The number of tetrazole rings is 1. The molecule has 1 N–H and O–H groups in total. The predicted octanol–water partition coefficient (Wildman–Crippen LogP) is 1.74. The second-order valence-corrected chi connectivity index (χ2v) is 5.27. The zero-order valence-corrected chi connectivity index (χ0v) is 11.6. The highest BCUT2D eigenvalue weighted by atomic mass is 79.9. The van der Waals surface area contributed by atoms with Crippen LogP contribution >= 0.6 is 27.7 Å². The number of nitrogens with zero attached hydrogens (tertiary/aromatic N) is 4. The van der Waals surface area contributed by atoms with Crippen LogP contribution in [0.2, 0.25) is 0 Å². The fraction of sp³-hybridized carbons (Fsp3) is 0.200. The smallest absolute Gasteiger partial charge is 0.313 e. The van der Waals surface area contributed by atoms with Crippen LogP contribution in [0.25, 0.3) is 5.69 Å². The van der Waals surface area contributed by atoms with Gasteiger partial charge in [-0.2, -0.15) is 4.68 Å². The molecule has 6 nitrogen and oxygen atoms in total. The molecule has 0 saturated heterocycles. The predicted molar refractivity (Wildman–Crippen MR) is 70.7 cm³/mol. The van der Waals surface area contributed by atoms with Crippen LogP contribution < -0.4 is 0 Å². The van der Waals surface area contributed by atoms with Crippen molar-refractivity contribution in [3.05, 3.63) is 34.6 Å². The topological polar surface area (TPSA) is 80.9 Å². The Morgan fingerprint density at radius 1 is 1.39 bits per heavy atom. The lowest BCUT2D eigenvalue weighted by atomic mass is 10.3. The van der Waals surface area contributed by atoms with Crippen LogP contribution in [0.4, 0.5) is 0 Å². The molecule has 0 aliphatic rings. The van der Waals surface area contributed by atoms with E-state index in [1.807, 2.05) is 24.3 Å². The van der Waals surface area contributed by atoms with Crippen LogP contribution in [0.3, 0.4) is 0 Å². The lowest BCUT2D eigenvalue weighted by molar-refractivity contribution is -0.133. The Labute approximate surface area is 116 Å². The molecular weight excluding hydrogens is 320 g/mol. The minimum Gasteiger partial charge on any atom is -0.481 e. The maximum Gasteiger partial charge on any atom is 0.313 e. The van der Waals surface area contributed by atoms with E-state index in [2.05, 4.69) is 31.5 Å². The molecule has 0 radical (unpaired) electrons. The highest BCUT2D eigenvalue weighted by Gasteiger charge is 2.09. The highest BCUT2D eigenvalue weighted by Crippen LogP contribution is 2.16. The number of hydrogen-bond donors (Lipinski definition) is 1. The van der Waals surface area contributed by atoms with Gasteiger partial charge in [-0.05, 0) is 34.7 Å². The second kappa shape index (κ2) is 5.96. The molecule has 1 heterocycles. The van der Waals surface area contributed by atoms with Gasteiger partial charge < -0.3 is 5.11 Å². The van der Waals surface area contributed by atoms with E-state index < -0.39 is 5.97 Å². The van der Waals surface area contributed by atoms with E-state index in [1.165, 1.54) is 11.8 Å². The number of carbonyl (C=O) groups is 1. The number of carboxylic acids is 1. The second-order valence-electron chi connectivity index (χ2n) is 3.37. The summed E-state index contributed by atoms with van der Waals surface area (Å²) in [5.41, 5.74) is 0.842. The molecular formula is C10H9BrN4O2S. The SMILES string of the molecule is O=C(O)CSCc1nnnn1-c1ccc(Br)cc1. The molecule has 0 fully saturated rings. The quantitative estimate of drug-likeness (QED) is 0.900. The zero-order valence-electron chi connectivity index (χ0n) is 9.15. The average Bonchev–Trinajstić information content (AvgIpc) is 2.78. The molecule has 18 heavy (non-hydrogen) atoms. The number of carboxylic acid groups (broad SMARTS) is 1. The first-order valence-electron chi connectivity index (χ1n) is 4.99. The fourth-order valence-electron chi connectivity index (χ4n) is 1.31. The van der Waals surface area contributed by atoms with E-state index in [0.717, 1.165) is 10.2 Å². The Morgan fingerprint density at radius 2 is 2.11 bits per heavy atom. The fourth-order valence-corrected chi connectivity index (χ4v) is 2.21. The largest absolute Gasteiger partial charge is 0.481 e. The monoisotopic (exact) mass is 328 g/mol. The maximum absolute atomic E-state index is 10.4. The van der Waals surface area contributed by atoms with Gasteiger partial charge in [0.2, 0.25) is 0 Å². The van der Waals surface area contributed by atoms with Crippen molar-refractivity contribution < 1.29 is 9.90 Å². The molecule has 0 aliphatic carbocycles. The third kappa shape index (κ3) is 3.30. The number of benzene rings is 1. The van der Waals surface area contributed by atoms with Crippen LogP contribution in [-0.2, 0) is 10.5 Å². The first kappa shape index (κ1) is 13.0. The van der Waals surface area contributed by atoms with E-state index in [9.17, 15) is 4.79 Å². The van der Waals surface area contributed by atoms with Gasteiger partial charge >= 0.3 is 5.97 Å². The van der Waals surface area contributed by atoms with Gasteiger partial charge in [0.1, 0.15) is 0 Å². The van der Waals surface area contributed by atoms with Gasteiger partial charge in [0, 0.05) is 4.47 Å². The number of aliphatic carboxylic acids is 1. The molecule has 0 unspecified atom stereocenters. The molecule has 2 rings (SSSR count). The van der Waals surface area contributed by atoms with Gasteiger partial charge in [0.15, 0.2) is 5.82 Å². The summed E-state index contributed by atoms with van der Waals surface area (Å²) in [5.74, 6) is 0.272. The zero-order chi connectivity index (χ0) is 13.0. The third-order valence-corrected chi connectivity index (χ3v) is 3.50. The Hall–Kier alpha value is -1.41. The summed E-state index contributed by atoms with van der Waals surface area (Å²) in [6.45, 7) is 0. The van der Waals surface area contributed by atoms with Gasteiger partial charge in [0.25, 0.3) is 0 Å². The molecule has 0 bridgehead atoms. The van der Waals surface area contributed by atoms with Crippen LogP contribution in [0.1, 0.15) is 5.82 Å². The van der Waals surface area contributed by atoms with Gasteiger partial charge in [-0.1, -0.05) is 15.9 Å². The summed E-state index contributed by atoms with van der Waals surface area (Å²) in [4.78, 5) is 10.4. The number of halogens is 1. The normalized spacial score (nSPS) is 10.5. The van der Waals surface area contributed by atoms with Crippen molar-refractivity contribution in [2.75, 3.05) is 5.75 Å². The summed E-state index contributed by atoms with van der Waals surface area (Å²) < 4.78 is 2.57. The van der Waals surface area contributed by atoms with Gasteiger partial charge in [-0.3, -0.25) is 4.79 Å². The molecule has 0 aliphatic heterocycles. The maximum atomic E-state index is 10.4. The molecule has 0 atom stereocenters. The first-order chi connectivity index (χ1) is 8.66. The van der Waals surface area contributed by atoms with Crippen LogP contribution in [0, 0.1) is 0 Å². The third-order valence-electron chi connectivity index (χ3n) is 2.06. The number of rotatable bonds is 5. The van der Waals surface area contributed by atoms with Crippen molar-refractivity contribution in [1.29, 1.82) is 0 Å².